The van der Waals surface area contributed by atoms with Gasteiger partial charge in [-0.1, -0.05) is 19.1 Å². The molecule has 1 aromatic carbocycles. The maximum atomic E-state index is 12.2. The Morgan fingerprint density at radius 1 is 1.19 bits per heavy atom. The van der Waals surface area contributed by atoms with E-state index in [1.165, 1.54) is 0 Å². The van der Waals surface area contributed by atoms with Crippen LogP contribution >= 0.6 is 24.0 Å². The lowest BCUT2D eigenvalue weighted by Gasteiger charge is -2.34. The van der Waals surface area contributed by atoms with Crippen LogP contribution in [0.5, 0.6) is 0 Å². The van der Waals surface area contributed by atoms with Crippen molar-refractivity contribution in [1.29, 1.82) is 0 Å². The molecule has 1 aliphatic heterocycles. The Bertz CT molecular complexity index is 664. The van der Waals surface area contributed by atoms with E-state index in [-0.39, 0.29) is 29.9 Å². The number of piperidine rings is 1. The van der Waals surface area contributed by atoms with Gasteiger partial charge in [0.1, 0.15) is 0 Å². The quantitative estimate of drug-likeness (QED) is 0.193. The number of ether oxygens (including phenoxy) is 2. The van der Waals surface area contributed by atoms with Gasteiger partial charge in [-0.15, -0.1) is 24.0 Å². The van der Waals surface area contributed by atoms with Crippen molar-refractivity contribution in [3.63, 3.8) is 0 Å². The lowest BCUT2D eigenvalue weighted by molar-refractivity contribution is 0.00990. The van der Waals surface area contributed by atoms with E-state index in [2.05, 4.69) is 22.5 Å². The minimum absolute atomic E-state index is 0. The van der Waals surface area contributed by atoms with Crippen LogP contribution in [0.2, 0.25) is 0 Å². The smallest absolute Gasteiger partial charge is 0.251 e. The Morgan fingerprint density at radius 2 is 1.97 bits per heavy atom. The lowest BCUT2D eigenvalue weighted by Crippen LogP contribution is -2.47. The molecule has 0 spiro atoms. The number of hydrogen-bond acceptors (Lipinski definition) is 4. The van der Waals surface area contributed by atoms with Crippen LogP contribution in [0.4, 0.5) is 0 Å². The van der Waals surface area contributed by atoms with Crippen molar-refractivity contribution in [2.75, 3.05) is 46.5 Å². The molecule has 1 aromatic rings. The van der Waals surface area contributed by atoms with E-state index in [9.17, 15) is 4.79 Å². The van der Waals surface area contributed by atoms with Gasteiger partial charge in [0.2, 0.25) is 0 Å². The fourth-order valence-electron chi connectivity index (χ4n) is 3.43. The van der Waals surface area contributed by atoms with Gasteiger partial charge in [0.25, 0.3) is 5.91 Å². The van der Waals surface area contributed by atoms with E-state index in [1.807, 2.05) is 31.2 Å². The van der Waals surface area contributed by atoms with Gasteiger partial charge in [-0.25, -0.2) is 4.99 Å². The van der Waals surface area contributed by atoms with E-state index in [4.69, 9.17) is 14.5 Å². The summed E-state index contributed by atoms with van der Waals surface area (Å²) >= 11 is 0. The molecular weight excluding hydrogens is 507 g/mol. The van der Waals surface area contributed by atoms with Gasteiger partial charge in [0, 0.05) is 52.1 Å². The number of amides is 1. The normalized spacial score (nSPS) is 14.8. The number of carbonyl (C=O) groups is 1. The minimum Gasteiger partial charge on any atom is -0.385 e. The monoisotopic (exact) mass is 546 g/mol. The summed E-state index contributed by atoms with van der Waals surface area (Å²) < 4.78 is 11.0. The molecule has 0 atom stereocenters. The zero-order valence-corrected chi connectivity index (χ0v) is 21.5. The Hall–Kier alpha value is -1.39. The number of halogens is 1. The van der Waals surface area contributed by atoms with Gasteiger partial charge >= 0.3 is 0 Å². The molecule has 1 amide bonds. The molecule has 0 aromatic heterocycles. The molecule has 0 bridgehead atoms. The van der Waals surface area contributed by atoms with Gasteiger partial charge in [-0.05, 0) is 50.3 Å². The largest absolute Gasteiger partial charge is 0.385 e. The van der Waals surface area contributed by atoms with Gasteiger partial charge in [-0.2, -0.15) is 0 Å². The van der Waals surface area contributed by atoms with E-state index in [0.717, 1.165) is 70.1 Å². The summed E-state index contributed by atoms with van der Waals surface area (Å²) in [6.45, 7) is 9.56. The molecule has 31 heavy (non-hydrogen) atoms. The first-order valence-corrected chi connectivity index (χ1v) is 11.2. The van der Waals surface area contributed by atoms with Crippen LogP contribution in [0.25, 0.3) is 0 Å². The molecule has 7 nitrogen and oxygen atoms in total. The zero-order chi connectivity index (χ0) is 21.6. The van der Waals surface area contributed by atoms with E-state index < -0.39 is 0 Å². The number of methoxy groups -OCH3 is 1. The predicted molar refractivity (Wildman–Crippen MR) is 136 cm³/mol. The van der Waals surface area contributed by atoms with Crippen molar-refractivity contribution in [2.45, 2.75) is 52.2 Å². The zero-order valence-electron chi connectivity index (χ0n) is 19.2. The molecule has 1 aliphatic rings. The van der Waals surface area contributed by atoms with Crippen molar-refractivity contribution >= 4 is 35.8 Å². The third kappa shape index (κ3) is 10.2. The third-order valence-electron chi connectivity index (χ3n) is 5.06. The SMILES string of the molecule is CCCNC(=O)c1cccc(CN=C(NCC)N2CCC(OCCCOC)CC2)c1.I. The summed E-state index contributed by atoms with van der Waals surface area (Å²) in [4.78, 5) is 19.3. The molecule has 1 heterocycles. The Morgan fingerprint density at radius 3 is 2.65 bits per heavy atom. The molecule has 8 heteroatoms. The lowest BCUT2D eigenvalue weighted by atomic mass is 10.1. The van der Waals surface area contributed by atoms with Crippen molar-refractivity contribution in [1.82, 2.24) is 15.5 Å². The highest BCUT2D eigenvalue weighted by Crippen LogP contribution is 2.15. The molecular formula is C23H39IN4O3. The molecule has 0 saturated carbocycles. The molecule has 176 valence electrons. The standard InChI is InChI=1S/C23H38N4O3.HI/c1-4-12-25-22(28)20-9-6-8-19(17-20)18-26-23(24-5-2)27-13-10-21(11-14-27)30-16-7-15-29-3;/h6,8-9,17,21H,4-5,7,10-16,18H2,1-3H3,(H,24,26)(H,25,28);1H. The molecule has 0 aliphatic carbocycles. The van der Waals surface area contributed by atoms with E-state index >= 15 is 0 Å². The van der Waals surface area contributed by atoms with Crippen LogP contribution in [0.1, 0.15) is 55.5 Å². The molecule has 0 radical (unpaired) electrons. The second kappa shape index (κ2) is 16.3. The van der Waals surface area contributed by atoms with Crippen LogP contribution < -0.4 is 10.6 Å². The number of nitrogens with zero attached hydrogens (tertiary/aromatic N) is 2. The highest BCUT2D eigenvalue weighted by atomic mass is 127. The van der Waals surface area contributed by atoms with Crippen molar-refractivity contribution in [3.05, 3.63) is 35.4 Å². The van der Waals surface area contributed by atoms with Crippen LogP contribution in [-0.2, 0) is 16.0 Å². The van der Waals surface area contributed by atoms with Gasteiger partial charge in [0.05, 0.1) is 12.6 Å². The second-order valence-corrected chi connectivity index (χ2v) is 7.53. The second-order valence-electron chi connectivity index (χ2n) is 7.53. The number of rotatable bonds is 11. The van der Waals surface area contributed by atoms with Crippen LogP contribution in [0, 0.1) is 0 Å². The maximum absolute atomic E-state index is 12.2. The maximum Gasteiger partial charge on any atom is 0.251 e. The van der Waals surface area contributed by atoms with Gasteiger partial charge < -0.3 is 25.0 Å². The first kappa shape index (κ1) is 27.6. The van der Waals surface area contributed by atoms with Crippen molar-refractivity contribution < 1.29 is 14.3 Å². The highest BCUT2D eigenvalue weighted by Gasteiger charge is 2.21. The minimum atomic E-state index is -0.0258. The van der Waals surface area contributed by atoms with Crippen molar-refractivity contribution in [2.24, 2.45) is 4.99 Å². The van der Waals surface area contributed by atoms with Gasteiger partial charge in [0.15, 0.2) is 5.96 Å². The average molecular weight is 546 g/mol. The first-order valence-electron chi connectivity index (χ1n) is 11.2. The number of nitrogens with one attached hydrogen (secondary N) is 2. The average Bonchev–Trinajstić information content (AvgIpc) is 2.78. The van der Waals surface area contributed by atoms with Gasteiger partial charge in [-0.3, -0.25) is 4.79 Å². The van der Waals surface area contributed by atoms with E-state index in [1.54, 1.807) is 7.11 Å². The number of hydrogen-bond donors (Lipinski definition) is 2. The van der Waals surface area contributed by atoms with Crippen LogP contribution in [0.3, 0.4) is 0 Å². The summed E-state index contributed by atoms with van der Waals surface area (Å²) in [5.41, 5.74) is 1.72. The van der Waals surface area contributed by atoms with E-state index in [0.29, 0.717) is 24.8 Å². The fraction of sp³-hybridized carbons (Fsp3) is 0.652. The molecule has 2 rings (SSSR count). The molecule has 1 fully saturated rings. The number of aliphatic imine (C=N–C) groups is 1. The third-order valence-corrected chi connectivity index (χ3v) is 5.06. The number of benzene rings is 1. The molecule has 2 N–H and O–H groups in total. The van der Waals surface area contributed by atoms with Crippen molar-refractivity contribution in [3.8, 4) is 0 Å². The Balaban J connectivity index is 0.00000480. The Labute approximate surface area is 204 Å². The Kier molecular flexibility index (Phi) is 14.5. The summed E-state index contributed by atoms with van der Waals surface area (Å²) in [5, 5.41) is 6.33. The molecule has 1 saturated heterocycles. The number of guanidine groups is 1. The predicted octanol–water partition coefficient (Wildman–Crippen LogP) is 3.43. The van der Waals surface area contributed by atoms with Crippen LogP contribution in [-0.4, -0.2) is 69.4 Å². The fourth-order valence-corrected chi connectivity index (χ4v) is 3.43. The summed E-state index contributed by atoms with van der Waals surface area (Å²) in [6, 6.07) is 7.72. The summed E-state index contributed by atoms with van der Waals surface area (Å²) in [6.07, 6.45) is 4.20. The van der Waals surface area contributed by atoms with Crippen LogP contribution in [0.15, 0.2) is 29.3 Å². The molecule has 0 unspecified atom stereocenters. The summed E-state index contributed by atoms with van der Waals surface area (Å²) in [7, 11) is 1.72. The highest BCUT2D eigenvalue weighted by molar-refractivity contribution is 14.0. The number of likely N-dealkylation sites (tertiary alicyclic amines) is 1. The summed E-state index contributed by atoms with van der Waals surface area (Å²) in [5.74, 6) is 0.901. The first-order chi connectivity index (χ1) is 14.7. The number of carbonyl (C=O) groups excluding carboxylic acids is 1. The topological polar surface area (TPSA) is 75.2 Å².